The van der Waals surface area contributed by atoms with Crippen molar-refractivity contribution in [2.45, 2.75) is 6.92 Å². The molecule has 0 aliphatic heterocycles. The van der Waals surface area contributed by atoms with E-state index in [2.05, 4.69) is 26.2 Å². The van der Waals surface area contributed by atoms with Crippen molar-refractivity contribution in [2.75, 3.05) is 11.9 Å². The van der Waals surface area contributed by atoms with Gasteiger partial charge < -0.3 is 14.5 Å². The summed E-state index contributed by atoms with van der Waals surface area (Å²) in [7, 11) is 0. The molecule has 0 saturated heterocycles. The molecule has 3 aromatic carbocycles. The fourth-order valence-electron chi connectivity index (χ4n) is 2.87. The van der Waals surface area contributed by atoms with Crippen molar-refractivity contribution in [2.24, 2.45) is 0 Å². The molecule has 0 bridgehead atoms. The molecule has 0 aliphatic rings. The number of oxazole rings is 1. The zero-order chi connectivity index (χ0) is 20.4. The highest BCUT2D eigenvalue weighted by molar-refractivity contribution is 9.10. The zero-order valence-corrected chi connectivity index (χ0v) is 17.0. The number of benzene rings is 3. The highest BCUT2D eigenvalue weighted by Gasteiger charge is 2.14. The number of ether oxygens (including phenoxy) is 1. The van der Waals surface area contributed by atoms with E-state index < -0.39 is 5.82 Å². The maximum atomic E-state index is 14.0. The van der Waals surface area contributed by atoms with E-state index in [1.165, 1.54) is 6.07 Å². The van der Waals surface area contributed by atoms with Crippen LogP contribution >= 0.6 is 15.9 Å². The summed E-state index contributed by atoms with van der Waals surface area (Å²) in [5, 5.41) is 2.83. The van der Waals surface area contributed by atoms with Crippen LogP contribution in [0.4, 0.5) is 10.1 Å². The lowest BCUT2D eigenvalue weighted by Gasteiger charge is -2.09. The number of hydrogen-bond donors (Lipinski definition) is 1. The fourth-order valence-corrected chi connectivity index (χ4v) is 3.37. The lowest BCUT2D eigenvalue weighted by molar-refractivity contribution is 0.102. The molecular formula is C22H16BrFN2O3. The third kappa shape index (κ3) is 4.00. The average molecular weight is 455 g/mol. The standard InChI is InChI=1S/C22H16BrFN2O3/c1-2-28-19-9-7-13(11-16(19)23)21(27)25-14-8-10-20-18(12-14)26-22(29-20)15-5-3-4-6-17(15)24/h3-12H,2H2,1H3,(H,25,27). The summed E-state index contributed by atoms with van der Waals surface area (Å²) in [5.41, 5.74) is 2.35. The highest BCUT2D eigenvalue weighted by atomic mass is 79.9. The fraction of sp³-hybridized carbons (Fsp3) is 0.0909. The summed E-state index contributed by atoms with van der Waals surface area (Å²) in [5.74, 6) is 0.185. The van der Waals surface area contributed by atoms with Crippen LogP contribution in [0.25, 0.3) is 22.6 Å². The van der Waals surface area contributed by atoms with Gasteiger partial charge in [-0.05, 0) is 71.4 Å². The first kappa shape index (κ1) is 19.1. The number of aromatic nitrogens is 1. The number of carbonyl (C=O) groups excluding carboxylic acids is 1. The Morgan fingerprint density at radius 3 is 2.76 bits per heavy atom. The van der Waals surface area contributed by atoms with Gasteiger partial charge in [0.2, 0.25) is 5.89 Å². The second-order valence-electron chi connectivity index (χ2n) is 6.21. The molecule has 29 heavy (non-hydrogen) atoms. The highest BCUT2D eigenvalue weighted by Crippen LogP contribution is 2.29. The van der Waals surface area contributed by atoms with Gasteiger partial charge in [-0.3, -0.25) is 4.79 Å². The number of carbonyl (C=O) groups is 1. The van der Waals surface area contributed by atoms with Gasteiger partial charge in [0, 0.05) is 11.3 Å². The average Bonchev–Trinajstić information content (AvgIpc) is 3.13. The first-order chi connectivity index (χ1) is 14.0. The van der Waals surface area contributed by atoms with Crippen LogP contribution in [0.5, 0.6) is 5.75 Å². The Morgan fingerprint density at radius 2 is 2.00 bits per heavy atom. The molecule has 0 aliphatic carbocycles. The monoisotopic (exact) mass is 454 g/mol. The largest absolute Gasteiger partial charge is 0.493 e. The second-order valence-corrected chi connectivity index (χ2v) is 7.07. The minimum Gasteiger partial charge on any atom is -0.493 e. The molecule has 1 amide bonds. The van der Waals surface area contributed by atoms with Gasteiger partial charge in [0.15, 0.2) is 5.58 Å². The molecule has 146 valence electrons. The number of hydrogen-bond acceptors (Lipinski definition) is 4. The van der Waals surface area contributed by atoms with E-state index in [4.69, 9.17) is 9.15 Å². The summed E-state index contributed by atoms with van der Waals surface area (Å²) in [6.07, 6.45) is 0. The molecule has 1 heterocycles. The van der Waals surface area contributed by atoms with Crippen LogP contribution in [0.3, 0.4) is 0 Å². The molecule has 4 rings (SSSR count). The Morgan fingerprint density at radius 1 is 1.17 bits per heavy atom. The van der Waals surface area contributed by atoms with Crippen molar-refractivity contribution in [1.82, 2.24) is 4.98 Å². The molecule has 4 aromatic rings. The van der Waals surface area contributed by atoms with Gasteiger partial charge in [0.1, 0.15) is 17.1 Å². The van der Waals surface area contributed by atoms with Crippen molar-refractivity contribution in [1.29, 1.82) is 0 Å². The van der Waals surface area contributed by atoms with Gasteiger partial charge in [-0.25, -0.2) is 9.37 Å². The maximum Gasteiger partial charge on any atom is 0.255 e. The molecule has 0 atom stereocenters. The molecule has 1 N–H and O–H groups in total. The van der Waals surface area contributed by atoms with Crippen molar-refractivity contribution >= 4 is 38.6 Å². The van der Waals surface area contributed by atoms with Crippen LogP contribution in [0.15, 0.2) is 69.6 Å². The third-order valence-electron chi connectivity index (χ3n) is 4.24. The maximum absolute atomic E-state index is 14.0. The lowest BCUT2D eigenvalue weighted by atomic mass is 10.2. The number of amides is 1. The minimum atomic E-state index is -0.409. The smallest absolute Gasteiger partial charge is 0.255 e. The number of halogens is 2. The Labute approximate surface area is 174 Å². The summed E-state index contributed by atoms with van der Waals surface area (Å²) < 4.78 is 25.8. The molecule has 0 spiro atoms. The van der Waals surface area contributed by atoms with Crippen molar-refractivity contribution in [3.63, 3.8) is 0 Å². The minimum absolute atomic E-state index is 0.192. The van der Waals surface area contributed by atoms with Crippen LogP contribution in [0, 0.1) is 5.82 Å². The molecule has 7 heteroatoms. The van der Waals surface area contributed by atoms with E-state index >= 15 is 0 Å². The van der Waals surface area contributed by atoms with E-state index in [0.29, 0.717) is 39.2 Å². The predicted molar refractivity (Wildman–Crippen MR) is 113 cm³/mol. The topological polar surface area (TPSA) is 64.4 Å². The number of fused-ring (bicyclic) bond motifs is 1. The number of rotatable bonds is 5. The molecule has 0 fully saturated rings. The normalized spacial score (nSPS) is 10.9. The molecule has 5 nitrogen and oxygen atoms in total. The van der Waals surface area contributed by atoms with Crippen LogP contribution in [-0.2, 0) is 0 Å². The Balaban J connectivity index is 1.58. The van der Waals surface area contributed by atoms with Crippen LogP contribution < -0.4 is 10.1 Å². The van der Waals surface area contributed by atoms with Gasteiger partial charge in [-0.1, -0.05) is 12.1 Å². The van der Waals surface area contributed by atoms with Gasteiger partial charge in [0.05, 0.1) is 16.6 Å². The van der Waals surface area contributed by atoms with Gasteiger partial charge >= 0.3 is 0 Å². The summed E-state index contributed by atoms with van der Waals surface area (Å²) >= 11 is 3.41. The van der Waals surface area contributed by atoms with Crippen molar-refractivity contribution in [3.8, 4) is 17.2 Å². The van der Waals surface area contributed by atoms with E-state index in [1.54, 1.807) is 54.6 Å². The molecule has 0 radical (unpaired) electrons. The van der Waals surface area contributed by atoms with E-state index in [1.807, 2.05) is 6.92 Å². The number of nitrogens with one attached hydrogen (secondary N) is 1. The lowest BCUT2D eigenvalue weighted by Crippen LogP contribution is -2.12. The van der Waals surface area contributed by atoms with Crippen LogP contribution in [0.1, 0.15) is 17.3 Å². The van der Waals surface area contributed by atoms with Gasteiger partial charge in [0.25, 0.3) is 5.91 Å². The van der Waals surface area contributed by atoms with Crippen LogP contribution in [0.2, 0.25) is 0 Å². The number of nitrogens with zero attached hydrogens (tertiary/aromatic N) is 1. The zero-order valence-electron chi connectivity index (χ0n) is 15.4. The Bertz CT molecular complexity index is 1210. The quantitative estimate of drug-likeness (QED) is 0.398. The van der Waals surface area contributed by atoms with Crippen molar-refractivity contribution < 1.29 is 18.3 Å². The molecule has 0 unspecified atom stereocenters. The predicted octanol–water partition coefficient (Wildman–Crippen LogP) is 6.05. The van der Waals surface area contributed by atoms with Gasteiger partial charge in [-0.15, -0.1) is 0 Å². The first-order valence-electron chi connectivity index (χ1n) is 8.94. The Hall–Kier alpha value is -3.19. The molecule has 0 saturated carbocycles. The molecule has 1 aromatic heterocycles. The Kier molecular flexibility index (Phi) is 5.31. The van der Waals surface area contributed by atoms with Gasteiger partial charge in [-0.2, -0.15) is 0 Å². The van der Waals surface area contributed by atoms with E-state index in [-0.39, 0.29) is 17.4 Å². The van der Waals surface area contributed by atoms with E-state index in [0.717, 1.165) is 0 Å². The number of anilines is 1. The first-order valence-corrected chi connectivity index (χ1v) is 9.73. The summed E-state index contributed by atoms with van der Waals surface area (Å²) in [4.78, 5) is 16.9. The second kappa shape index (κ2) is 8.05. The van der Waals surface area contributed by atoms with Crippen molar-refractivity contribution in [3.05, 3.63) is 76.5 Å². The third-order valence-corrected chi connectivity index (χ3v) is 4.86. The van der Waals surface area contributed by atoms with Crippen LogP contribution in [-0.4, -0.2) is 17.5 Å². The summed E-state index contributed by atoms with van der Waals surface area (Å²) in [6.45, 7) is 2.43. The van der Waals surface area contributed by atoms with E-state index in [9.17, 15) is 9.18 Å². The SMILES string of the molecule is CCOc1ccc(C(=O)Nc2ccc3oc(-c4ccccc4F)nc3c2)cc1Br. The summed E-state index contributed by atoms with van der Waals surface area (Å²) in [6, 6.07) is 16.5. The molecular weight excluding hydrogens is 439 g/mol.